The summed E-state index contributed by atoms with van der Waals surface area (Å²) < 4.78 is 18.4. The van der Waals surface area contributed by atoms with Crippen LogP contribution < -0.4 is 10.1 Å². The van der Waals surface area contributed by atoms with E-state index in [4.69, 9.17) is 4.74 Å². The Morgan fingerprint density at radius 2 is 2.14 bits per heavy atom. The highest BCUT2D eigenvalue weighted by Gasteiger charge is 2.26. The summed E-state index contributed by atoms with van der Waals surface area (Å²) in [5.41, 5.74) is 0.486. The zero-order chi connectivity index (χ0) is 15.2. The number of amides is 1. The van der Waals surface area contributed by atoms with Gasteiger partial charge in [0.15, 0.2) is 11.6 Å². The zero-order valence-electron chi connectivity index (χ0n) is 12.7. The molecule has 0 radical (unpaired) electrons. The molecule has 0 unspecified atom stereocenters. The van der Waals surface area contributed by atoms with Crippen LogP contribution >= 0.6 is 0 Å². The molecule has 1 heterocycles. The second kappa shape index (κ2) is 7.41. The molecule has 1 amide bonds. The predicted octanol–water partition coefficient (Wildman–Crippen LogP) is 2.44. The van der Waals surface area contributed by atoms with Gasteiger partial charge in [-0.15, -0.1) is 0 Å². The van der Waals surface area contributed by atoms with Crippen LogP contribution in [0.2, 0.25) is 0 Å². The normalized spacial score (nSPS) is 15.8. The fraction of sp³-hybridized carbons (Fsp3) is 0.562. The van der Waals surface area contributed by atoms with Crippen LogP contribution in [0.1, 0.15) is 36.5 Å². The summed E-state index contributed by atoms with van der Waals surface area (Å²) in [5.74, 6) is -0.373. The topological polar surface area (TPSA) is 41.6 Å². The molecule has 2 rings (SSSR count). The number of nitrogens with one attached hydrogen (secondary N) is 1. The van der Waals surface area contributed by atoms with Crippen LogP contribution in [0.25, 0.3) is 0 Å². The van der Waals surface area contributed by atoms with E-state index in [0.29, 0.717) is 5.56 Å². The zero-order valence-corrected chi connectivity index (χ0v) is 12.7. The highest BCUT2D eigenvalue weighted by molar-refractivity contribution is 5.94. The summed E-state index contributed by atoms with van der Waals surface area (Å²) >= 11 is 0. The molecule has 0 aliphatic carbocycles. The maximum absolute atomic E-state index is 13.5. The van der Waals surface area contributed by atoms with Gasteiger partial charge in [0, 0.05) is 18.2 Å². The monoisotopic (exact) mass is 294 g/mol. The molecule has 1 aliphatic rings. The number of benzene rings is 1. The first kappa shape index (κ1) is 15.8. The van der Waals surface area contributed by atoms with Gasteiger partial charge in [0.1, 0.15) is 0 Å². The van der Waals surface area contributed by atoms with Gasteiger partial charge in [-0.3, -0.25) is 4.79 Å². The standard InChI is InChI=1S/C16H23FN2O2/c1-3-10-19(13-6-8-18-9-7-13)16(20)12-4-5-14(17)15(11-12)21-2/h4-5,11,13,18H,3,6-10H2,1-2H3. The summed E-state index contributed by atoms with van der Waals surface area (Å²) in [4.78, 5) is 14.7. The molecule has 21 heavy (non-hydrogen) atoms. The molecule has 1 aromatic rings. The molecular formula is C16H23FN2O2. The summed E-state index contributed by atoms with van der Waals surface area (Å²) in [7, 11) is 1.41. The molecule has 0 atom stereocenters. The van der Waals surface area contributed by atoms with E-state index in [1.807, 2.05) is 4.90 Å². The molecule has 0 spiro atoms. The molecule has 1 aromatic carbocycles. The van der Waals surface area contributed by atoms with Gasteiger partial charge in [0.2, 0.25) is 0 Å². The van der Waals surface area contributed by atoms with Crippen LogP contribution in [0.5, 0.6) is 5.75 Å². The Balaban J connectivity index is 2.20. The van der Waals surface area contributed by atoms with Gasteiger partial charge in [-0.05, 0) is 50.6 Å². The largest absolute Gasteiger partial charge is 0.494 e. The number of rotatable bonds is 5. The van der Waals surface area contributed by atoms with Gasteiger partial charge in [-0.1, -0.05) is 6.92 Å². The van der Waals surface area contributed by atoms with E-state index in [0.717, 1.165) is 38.9 Å². The van der Waals surface area contributed by atoms with Gasteiger partial charge in [0.05, 0.1) is 7.11 Å². The van der Waals surface area contributed by atoms with Gasteiger partial charge in [-0.25, -0.2) is 4.39 Å². The number of hydrogen-bond acceptors (Lipinski definition) is 3. The van der Waals surface area contributed by atoms with E-state index in [1.54, 1.807) is 0 Å². The summed E-state index contributed by atoms with van der Waals surface area (Å²) in [6, 6.07) is 4.57. The summed E-state index contributed by atoms with van der Waals surface area (Å²) in [6.07, 6.45) is 2.84. The molecule has 0 bridgehead atoms. The van der Waals surface area contributed by atoms with Crippen molar-refractivity contribution in [2.75, 3.05) is 26.7 Å². The Labute approximate surface area is 125 Å². The highest BCUT2D eigenvalue weighted by atomic mass is 19.1. The van der Waals surface area contributed by atoms with Crippen molar-refractivity contribution < 1.29 is 13.9 Å². The van der Waals surface area contributed by atoms with Crippen LogP contribution in [-0.4, -0.2) is 43.6 Å². The average molecular weight is 294 g/mol. The third-order valence-electron chi connectivity index (χ3n) is 3.87. The van der Waals surface area contributed by atoms with Crippen molar-refractivity contribution in [1.82, 2.24) is 10.2 Å². The molecule has 0 aromatic heterocycles. The molecular weight excluding hydrogens is 271 g/mol. The second-order valence-corrected chi connectivity index (χ2v) is 5.33. The number of halogens is 1. The minimum Gasteiger partial charge on any atom is -0.494 e. The number of carbonyl (C=O) groups is 1. The SMILES string of the molecule is CCCN(C(=O)c1ccc(F)c(OC)c1)C1CCNCC1. The number of ether oxygens (including phenoxy) is 1. The lowest BCUT2D eigenvalue weighted by Crippen LogP contribution is -2.46. The van der Waals surface area contributed by atoms with Crippen molar-refractivity contribution in [3.63, 3.8) is 0 Å². The van der Waals surface area contributed by atoms with Crippen LogP contribution in [0, 0.1) is 5.82 Å². The average Bonchev–Trinajstić information content (AvgIpc) is 2.53. The van der Waals surface area contributed by atoms with Crippen LogP contribution in [-0.2, 0) is 0 Å². The number of piperidine rings is 1. The highest BCUT2D eigenvalue weighted by Crippen LogP contribution is 2.22. The van der Waals surface area contributed by atoms with Crippen LogP contribution in [0.4, 0.5) is 4.39 Å². The van der Waals surface area contributed by atoms with Crippen molar-refractivity contribution in [3.8, 4) is 5.75 Å². The molecule has 1 fully saturated rings. The van der Waals surface area contributed by atoms with Gasteiger partial charge >= 0.3 is 0 Å². The van der Waals surface area contributed by atoms with E-state index in [2.05, 4.69) is 12.2 Å². The van der Waals surface area contributed by atoms with Gasteiger partial charge in [-0.2, -0.15) is 0 Å². The lowest BCUT2D eigenvalue weighted by Gasteiger charge is -2.34. The molecule has 0 saturated carbocycles. The molecule has 1 N–H and O–H groups in total. The Morgan fingerprint density at radius 3 is 2.76 bits per heavy atom. The lowest BCUT2D eigenvalue weighted by molar-refractivity contribution is 0.0642. The quantitative estimate of drug-likeness (QED) is 0.907. The molecule has 116 valence electrons. The van der Waals surface area contributed by atoms with Crippen LogP contribution in [0.15, 0.2) is 18.2 Å². The van der Waals surface area contributed by atoms with Crippen molar-refractivity contribution >= 4 is 5.91 Å². The first-order valence-corrected chi connectivity index (χ1v) is 7.52. The Hall–Kier alpha value is -1.62. The second-order valence-electron chi connectivity index (χ2n) is 5.33. The first-order chi connectivity index (χ1) is 10.2. The Kier molecular flexibility index (Phi) is 5.56. The Morgan fingerprint density at radius 1 is 1.43 bits per heavy atom. The van der Waals surface area contributed by atoms with Crippen molar-refractivity contribution in [1.29, 1.82) is 0 Å². The van der Waals surface area contributed by atoms with E-state index >= 15 is 0 Å². The lowest BCUT2D eigenvalue weighted by atomic mass is 10.0. The minimum absolute atomic E-state index is 0.0398. The van der Waals surface area contributed by atoms with Crippen molar-refractivity contribution in [2.24, 2.45) is 0 Å². The third kappa shape index (κ3) is 3.73. The maximum atomic E-state index is 13.5. The van der Waals surface area contributed by atoms with E-state index < -0.39 is 5.82 Å². The summed E-state index contributed by atoms with van der Waals surface area (Å²) in [5, 5.41) is 3.31. The first-order valence-electron chi connectivity index (χ1n) is 7.52. The molecule has 5 heteroatoms. The van der Waals surface area contributed by atoms with E-state index in [9.17, 15) is 9.18 Å². The van der Waals surface area contributed by atoms with Crippen molar-refractivity contribution in [2.45, 2.75) is 32.2 Å². The number of carbonyl (C=O) groups excluding carboxylic acids is 1. The molecule has 1 aliphatic heterocycles. The molecule has 4 nitrogen and oxygen atoms in total. The van der Waals surface area contributed by atoms with Gasteiger partial charge in [0.25, 0.3) is 5.91 Å². The predicted molar refractivity (Wildman–Crippen MR) is 80.2 cm³/mol. The van der Waals surface area contributed by atoms with Crippen LogP contribution in [0.3, 0.4) is 0 Å². The summed E-state index contributed by atoms with van der Waals surface area (Å²) in [6.45, 7) is 4.66. The maximum Gasteiger partial charge on any atom is 0.254 e. The van der Waals surface area contributed by atoms with E-state index in [1.165, 1.54) is 25.3 Å². The third-order valence-corrected chi connectivity index (χ3v) is 3.87. The molecule has 1 saturated heterocycles. The Bertz CT molecular complexity index is 487. The van der Waals surface area contributed by atoms with Gasteiger partial charge < -0.3 is 15.0 Å². The fourth-order valence-electron chi connectivity index (χ4n) is 2.77. The smallest absolute Gasteiger partial charge is 0.254 e. The van der Waals surface area contributed by atoms with E-state index in [-0.39, 0.29) is 17.7 Å². The number of hydrogen-bond donors (Lipinski definition) is 1. The van der Waals surface area contributed by atoms with Crippen molar-refractivity contribution in [3.05, 3.63) is 29.6 Å². The number of methoxy groups -OCH3 is 1. The number of nitrogens with zero attached hydrogens (tertiary/aromatic N) is 1. The minimum atomic E-state index is -0.446. The fourth-order valence-corrected chi connectivity index (χ4v) is 2.77.